The number of ether oxygens (including phenoxy) is 2. The number of carbonyl (C=O) groups is 3. The number of anilines is 1. The van der Waals surface area contributed by atoms with Crippen LogP contribution in [0.15, 0.2) is 18.2 Å². The summed E-state index contributed by atoms with van der Waals surface area (Å²) in [5, 5.41) is 2.89. The van der Waals surface area contributed by atoms with E-state index in [9.17, 15) is 14.4 Å². The van der Waals surface area contributed by atoms with Crippen molar-refractivity contribution in [1.29, 1.82) is 0 Å². The van der Waals surface area contributed by atoms with E-state index in [2.05, 4.69) is 23.3 Å². The lowest BCUT2D eigenvalue weighted by atomic mass is 9.66. The van der Waals surface area contributed by atoms with E-state index in [1.54, 1.807) is 32.0 Å². The molecule has 3 amide bonds. The van der Waals surface area contributed by atoms with Crippen LogP contribution in [0.3, 0.4) is 0 Å². The average molecular weight is 456 g/mol. The van der Waals surface area contributed by atoms with E-state index in [4.69, 9.17) is 16.0 Å². The molecule has 1 N–H and O–H groups in total. The first kappa shape index (κ1) is 22.5. The van der Waals surface area contributed by atoms with E-state index in [-0.39, 0.29) is 11.8 Å². The SMILES string of the molecule is [C-]#[N+]c1ccc(N2C(=O)[C@@H]3[C@H](C2=O)C2(C)OC3(C)C[C@@H]2NC(=O)OCC[SiH](C)C)cc1C. The molecule has 1 aromatic carbocycles. The van der Waals surface area contributed by atoms with Gasteiger partial charge in [-0.25, -0.2) is 14.5 Å². The van der Waals surface area contributed by atoms with Crippen molar-refractivity contribution in [2.45, 2.75) is 63.6 Å². The highest BCUT2D eigenvalue weighted by atomic mass is 28.3. The molecule has 0 radical (unpaired) electrons. The zero-order chi connectivity index (χ0) is 23.4. The second-order valence-corrected chi connectivity index (χ2v) is 13.2. The standard InChI is InChI=1S/C23H29N3O5Si/c1-13-11-14(7-8-15(13)24-4)26-19(27)17-18(20(26)28)23(3)16(12-22(17,2)31-23)25-21(29)30-9-10-32(5)6/h7-8,11,16-18,32H,9-10,12H2,1-3,5-6H3,(H,25,29)/t16-,17-,18+,22?,23?/m0/s1. The molecule has 3 aliphatic heterocycles. The summed E-state index contributed by atoms with van der Waals surface area (Å²) in [5.74, 6) is -1.92. The minimum absolute atomic E-state index is 0.288. The zero-order valence-corrected chi connectivity index (χ0v) is 20.3. The van der Waals surface area contributed by atoms with Crippen LogP contribution < -0.4 is 10.2 Å². The highest BCUT2D eigenvalue weighted by Gasteiger charge is 2.76. The second-order valence-electron chi connectivity index (χ2n) is 9.87. The van der Waals surface area contributed by atoms with E-state index in [1.165, 1.54) is 4.90 Å². The molecule has 0 aliphatic carbocycles. The number of nitrogens with zero attached hydrogens (tertiary/aromatic N) is 2. The molecule has 4 rings (SSSR count). The predicted octanol–water partition coefficient (Wildman–Crippen LogP) is 3.18. The van der Waals surface area contributed by atoms with Crippen molar-refractivity contribution in [3.8, 4) is 0 Å². The third-order valence-corrected chi connectivity index (χ3v) is 8.51. The molecule has 5 atom stereocenters. The van der Waals surface area contributed by atoms with E-state index in [0.29, 0.717) is 30.0 Å². The van der Waals surface area contributed by atoms with Crippen molar-refractivity contribution < 1.29 is 23.9 Å². The number of nitrogens with one attached hydrogen (secondary N) is 1. The number of hydrogen-bond acceptors (Lipinski definition) is 5. The molecule has 3 saturated heterocycles. The fourth-order valence-electron chi connectivity index (χ4n) is 5.48. The van der Waals surface area contributed by atoms with Crippen LogP contribution in [-0.4, -0.2) is 50.6 Å². The number of fused-ring (bicyclic) bond motifs is 5. The summed E-state index contributed by atoms with van der Waals surface area (Å²) in [7, 11) is -0.815. The highest BCUT2D eigenvalue weighted by molar-refractivity contribution is 6.55. The third kappa shape index (κ3) is 3.33. The Bertz CT molecular complexity index is 1040. The molecule has 32 heavy (non-hydrogen) atoms. The van der Waals surface area contributed by atoms with E-state index in [1.807, 2.05) is 6.92 Å². The topological polar surface area (TPSA) is 89.3 Å². The number of rotatable bonds is 5. The van der Waals surface area contributed by atoms with Crippen LogP contribution in [0, 0.1) is 25.3 Å². The minimum Gasteiger partial charge on any atom is -0.450 e. The second kappa shape index (κ2) is 7.71. The molecule has 8 nitrogen and oxygen atoms in total. The Balaban J connectivity index is 1.57. The number of imide groups is 1. The van der Waals surface area contributed by atoms with Gasteiger partial charge in [0.2, 0.25) is 11.8 Å². The van der Waals surface area contributed by atoms with Gasteiger partial charge in [-0.1, -0.05) is 19.2 Å². The van der Waals surface area contributed by atoms with Crippen LogP contribution in [0.2, 0.25) is 19.1 Å². The van der Waals surface area contributed by atoms with Gasteiger partial charge in [0, 0.05) is 20.9 Å². The number of aryl methyl sites for hydroxylation is 1. The maximum atomic E-state index is 13.5. The molecule has 3 heterocycles. The van der Waals surface area contributed by atoms with Gasteiger partial charge in [-0.2, -0.15) is 0 Å². The van der Waals surface area contributed by atoms with Gasteiger partial charge >= 0.3 is 6.09 Å². The molecule has 3 fully saturated rings. The van der Waals surface area contributed by atoms with Gasteiger partial charge < -0.3 is 14.8 Å². The summed E-state index contributed by atoms with van der Waals surface area (Å²) in [5.41, 5.74) is -0.197. The number of alkyl carbamates (subject to hydrolysis) is 1. The van der Waals surface area contributed by atoms with Crippen LogP contribution in [0.4, 0.5) is 16.2 Å². The summed E-state index contributed by atoms with van der Waals surface area (Å²) in [6, 6.07) is 5.43. The largest absolute Gasteiger partial charge is 0.450 e. The molecule has 0 spiro atoms. The fourth-order valence-corrected chi connectivity index (χ4v) is 6.07. The van der Waals surface area contributed by atoms with Crippen LogP contribution in [-0.2, 0) is 19.1 Å². The summed E-state index contributed by atoms with van der Waals surface area (Å²) in [6.45, 7) is 17.4. The molecule has 9 heteroatoms. The number of hydrogen-bond donors (Lipinski definition) is 1. The van der Waals surface area contributed by atoms with Gasteiger partial charge in [0.05, 0.1) is 42.3 Å². The Morgan fingerprint density at radius 1 is 1.31 bits per heavy atom. The van der Waals surface area contributed by atoms with Crippen molar-refractivity contribution in [2.75, 3.05) is 11.5 Å². The molecule has 0 saturated carbocycles. The normalized spacial score (nSPS) is 32.9. The molecule has 3 aliphatic rings. The Hall–Kier alpha value is -2.70. The molecule has 170 valence electrons. The first-order valence-electron chi connectivity index (χ1n) is 11.0. The van der Waals surface area contributed by atoms with Gasteiger partial charge in [0.15, 0.2) is 5.69 Å². The fraction of sp³-hybridized carbons (Fsp3) is 0.565. The smallest absolute Gasteiger partial charge is 0.407 e. The maximum absolute atomic E-state index is 13.5. The third-order valence-electron chi connectivity index (χ3n) is 7.12. The van der Waals surface area contributed by atoms with Crippen molar-refractivity contribution in [1.82, 2.24) is 5.32 Å². The van der Waals surface area contributed by atoms with E-state index in [0.717, 1.165) is 6.04 Å². The Morgan fingerprint density at radius 2 is 2.00 bits per heavy atom. The van der Waals surface area contributed by atoms with Crippen LogP contribution >= 0.6 is 0 Å². The lowest BCUT2D eigenvalue weighted by Crippen LogP contribution is -2.56. The summed E-state index contributed by atoms with van der Waals surface area (Å²) < 4.78 is 11.6. The predicted molar refractivity (Wildman–Crippen MR) is 121 cm³/mol. The number of carbonyl (C=O) groups excluding carboxylic acids is 3. The van der Waals surface area contributed by atoms with Gasteiger partial charge in [-0.15, -0.1) is 0 Å². The lowest BCUT2D eigenvalue weighted by Gasteiger charge is -2.35. The summed E-state index contributed by atoms with van der Waals surface area (Å²) in [4.78, 5) is 43.9. The van der Waals surface area contributed by atoms with Crippen molar-refractivity contribution >= 4 is 38.1 Å². The first-order valence-corrected chi connectivity index (χ1v) is 14.1. The van der Waals surface area contributed by atoms with Gasteiger partial charge in [0.25, 0.3) is 0 Å². The van der Waals surface area contributed by atoms with Gasteiger partial charge in [-0.05, 0) is 44.5 Å². The maximum Gasteiger partial charge on any atom is 0.407 e. The first-order chi connectivity index (χ1) is 15.0. The van der Waals surface area contributed by atoms with Gasteiger partial charge in [-0.3, -0.25) is 9.59 Å². The Kier molecular flexibility index (Phi) is 5.42. The quantitative estimate of drug-likeness (QED) is 0.418. The zero-order valence-electron chi connectivity index (χ0n) is 19.1. The van der Waals surface area contributed by atoms with E-state index < -0.39 is 44.0 Å². The van der Waals surface area contributed by atoms with Crippen LogP contribution in [0.1, 0.15) is 25.8 Å². The van der Waals surface area contributed by atoms with Crippen molar-refractivity contribution in [3.63, 3.8) is 0 Å². The minimum atomic E-state index is -1.00. The number of amides is 3. The molecule has 1 aromatic rings. The Morgan fingerprint density at radius 3 is 2.62 bits per heavy atom. The molecule has 2 unspecified atom stereocenters. The van der Waals surface area contributed by atoms with E-state index >= 15 is 0 Å². The summed E-state index contributed by atoms with van der Waals surface area (Å²) >= 11 is 0. The van der Waals surface area contributed by atoms with Crippen molar-refractivity contribution in [2.24, 2.45) is 11.8 Å². The molecular formula is C23H29N3O5Si. The molecular weight excluding hydrogens is 426 g/mol. The number of benzene rings is 1. The van der Waals surface area contributed by atoms with Crippen LogP contribution in [0.5, 0.6) is 0 Å². The lowest BCUT2D eigenvalue weighted by molar-refractivity contribution is -0.129. The molecule has 0 aromatic heterocycles. The monoisotopic (exact) mass is 455 g/mol. The highest BCUT2D eigenvalue weighted by Crippen LogP contribution is 2.61. The Labute approximate surface area is 189 Å². The summed E-state index contributed by atoms with van der Waals surface area (Å²) in [6.07, 6.45) is -0.0810. The van der Waals surface area contributed by atoms with Crippen molar-refractivity contribution in [3.05, 3.63) is 35.2 Å². The average Bonchev–Trinajstić information content (AvgIpc) is 3.22. The van der Waals surface area contributed by atoms with Crippen LogP contribution in [0.25, 0.3) is 4.85 Å². The molecule has 2 bridgehead atoms. The van der Waals surface area contributed by atoms with Gasteiger partial charge in [0.1, 0.15) is 0 Å².